The van der Waals surface area contributed by atoms with Crippen molar-refractivity contribution in [2.24, 2.45) is 7.05 Å². The molecule has 18 heavy (non-hydrogen) atoms. The lowest BCUT2D eigenvalue weighted by Gasteiger charge is -2.02. The molecular weight excluding hydrogens is 236 g/mol. The van der Waals surface area contributed by atoms with Gasteiger partial charge in [-0.1, -0.05) is 0 Å². The first-order valence-corrected chi connectivity index (χ1v) is 5.33. The summed E-state index contributed by atoms with van der Waals surface area (Å²) >= 11 is 0. The fourth-order valence-electron chi connectivity index (χ4n) is 1.43. The van der Waals surface area contributed by atoms with Crippen LogP contribution in [0.15, 0.2) is 24.8 Å². The Morgan fingerprint density at radius 3 is 2.67 bits per heavy atom. The molecule has 2 rings (SSSR count). The average molecular weight is 248 g/mol. The molecule has 0 saturated carbocycles. The summed E-state index contributed by atoms with van der Waals surface area (Å²) in [6.45, 7) is 0.642. The second-order valence-electron chi connectivity index (χ2n) is 3.72. The number of hydrogen-bond acceptors (Lipinski definition) is 6. The molecule has 0 aromatic carbocycles. The van der Waals surface area contributed by atoms with Crippen molar-refractivity contribution in [2.45, 2.75) is 6.42 Å². The third-order valence-corrected chi connectivity index (χ3v) is 2.30. The maximum atomic E-state index is 10.4. The van der Waals surface area contributed by atoms with Gasteiger partial charge in [0.25, 0.3) is 0 Å². The number of nitrogens with one attached hydrogen (secondary N) is 1. The third kappa shape index (κ3) is 3.00. The quantitative estimate of drug-likeness (QED) is 0.620. The minimum absolute atomic E-state index is 0.118. The lowest BCUT2D eigenvalue weighted by Crippen LogP contribution is -2.07. The van der Waals surface area contributed by atoms with Crippen LogP contribution < -0.4 is 5.32 Å². The van der Waals surface area contributed by atoms with Crippen LogP contribution in [0.3, 0.4) is 0 Å². The van der Waals surface area contributed by atoms with E-state index < -0.39 is 4.92 Å². The molecular formula is C10H12N6O2. The molecule has 8 nitrogen and oxygen atoms in total. The molecule has 0 aliphatic rings. The standard InChI is InChI=1S/C10H12N6O2/c1-15-7-8(4-14-15)2-3-11-10-12-5-9(6-13-10)16(17)18/h4-7H,2-3H2,1H3,(H,11,12,13). The average Bonchev–Trinajstić information content (AvgIpc) is 2.76. The van der Waals surface area contributed by atoms with Crippen LogP contribution >= 0.6 is 0 Å². The molecule has 94 valence electrons. The van der Waals surface area contributed by atoms with Gasteiger partial charge in [0.1, 0.15) is 12.4 Å². The van der Waals surface area contributed by atoms with Crippen molar-refractivity contribution in [1.29, 1.82) is 0 Å². The fourth-order valence-corrected chi connectivity index (χ4v) is 1.43. The van der Waals surface area contributed by atoms with Crippen LogP contribution in [0.5, 0.6) is 0 Å². The van der Waals surface area contributed by atoms with Crippen molar-refractivity contribution in [3.63, 3.8) is 0 Å². The molecule has 0 amide bonds. The molecule has 0 aliphatic heterocycles. The summed E-state index contributed by atoms with van der Waals surface area (Å²) in [5.41, 5.74) is 0.986. The van der Waals surface area contributed by atoms with E-state index >= 15 is 0 Å². The highest BCUT2D eigenvalue weighted by atomic mass is 16.6. The van der Waals surface area contributed by atoms with Gasteiger partial charge in [0.05, 0.1) is 11.1 Å². The lowest BCUT2D eigenvalue weighted by molar-refractivity contribution is -0.385. The van der Waals surface area contributed by atoms with Crippen LogP contribution in [-0.4, -0.2) is 31.2 Å². The van der Waals surface area contributed by atoms with E-state index in [4.69, 9.17) is 0 Å². The number of aryl methyl sites for hydroxylation is 1. The Labute approximate surface area is 103 Å². The molecule has 0 unspecified atom stereocenters. The van der Waals surface area contributed by atoms with Crippen molar-refractivity contribution in [1.82, 2.24) is 19.7 Å². The zero-order valence-electron chi connectivity index (χ0n) is 9.78. The lowest BCUT2D eigenvalue weighted by atomic mass is 10.2. The molecule has 0 fully saturated rings. The highest BCUT2D eigenvalue weighted by Gasteiger charge is 2.06. The van der Waals surface area contributed by atoms with Gasteiger partial charge in [0.15, 0.2) is 0 Å². The predicted octanol–water partition coefficient (Wildman–Crippen LogP) is 0.773. The molecule has 0 saturated heterocycles. The van der Waals surface area contributed by atoms with Crippen LogP contribution in [-0.2, 0) is 13.5 Å². The third-order valence-electron chi connectivity index (χ3n) is 2.30. The van der Waals surface area contributed by atoms with Crippen LogP contribution in [0.1, 0.15) is 5.56 Å². The van der Waals surface area contributed by atoms with E-state index in [0.717, 1.165) is 12.0 Å². The van der Waals surface area contributed by atoms with Gasteiger partial charge in [0, 0.05) is 19.8 Å². The molecule has 0 aliphatic carbocycles. The summed E-state index contributed by atoms with van der Waals surface area (Å²) in [4.78, 5) is 17.6. The summed E-state index contributed by atoms with van der Waals surface area (Å²) in [5.74, 6) is 0.379. The van der Waals surface area contributed by atoms with Crippen molar-refractivity contribution >= 4 is 11.6 Å². The van der Waals surface area contributed by atoms with Crippen LogP contribution in [0.25, 0.3) is 0 Å². The number of hydrogen-bond donors (Lipinski definition) is 1. The highest BCUT2D eigenvalue weighted by molar-refractivity contribution is 5.30. The van der Waals surface area contributed by atoms with E-state index in [1.807, 2.05) is 13.2 Å². The molecule has 0 spiro atoms. The molecule has 1 N–H and O–H groups in total. The van der Waals surface area contributed by atoms with Crippen LogP contribution in [0, 0.1) is 10.1 Å². The predicted molar refractivity (Wildman–Crippen MR) is 64.1 cm³/mol. The molecule has 2 aromatic rings. The maximum Gasteiger partial charge on any atom is 0.305 e. The van der Waals surface area contributed by atoms with Gasteiger partial charge in [-0.05, 0) is 12.0 Å². The van der Waals surface area contributed by atoms with E-state index in [1.165, 1.54) is 12.4 Å². The Kier molecular flexibility index (Phi) is 3.46. The smallest absolute Gasteiger partial charge is 0.305 e. The van der Waals surface area contributed by atoms with Gasteiger partial charge in [-0.15, -0.1) is 0 Å². The summed E-state index contributed by atoms with van der Waals surface area (Å²) in [7, 11) is 1.86. The van der Waals surface area contributed by atoms with Crippen molar-refractivity contribution in [3.8, 4) is 0 Å². The largest absolute Gasteiger partial charge is 0.354 e. The maximum absolute atomic E-state index is 10.4. The van der Waals surface area contributed by atoms with Crippen LogP contribution in [0.2, 0.25) is 0 Å². The summed E-state index contributed by atoms with van der Waals surface area (Å²) < 4.78 is 1.73. The zero-order valence-corrected chi connectivity index (χ0v) is 9.78. The first kappa shape index (κ1) is 12.0. The zero-order chi connectivity index (χ0) is 13.0. The number of aromatic nitrogens is 4. The van der Waals surface area contributed by atoms with Crippen LogP contribution in [0.4, 0.5) is 11.6 Å². The highest BCUT2D eigenvalue weighted by Crippen LogP contribution is 2.08. The van der Waals surface area contributed by atoms with Gasteiger partial charge < -0.3 is 5.32 Å². The Bertz CT molecular complexity index is 536. The summed E-state index contributed by atoms with van der Waals surface area (Å²) in [6, 6.07) is 0. The molecule has 0 bridgehead atoms. The van der Waals surface area contributed by atoms with Gasteiger partial charge >= 0.3 is 5.69 Å². The Hall–Kier alpha value is -2.51. The number of rotatable bonds is 5. The van der Waals surface area contributed by atoms with E-state index in [2.05, 4.69) is 20.4 Å². The first-order chi connectivity index (χ1) is 8.65. The van der Waals surface area contributed by atoms with E-state index in [0.29, 0.717) is 12.5 Å². The monoisotopic (exact) mass is 248 g/mol. The van der Waals surface area contributed by atoms with E-state index in [-0.39, 0.29) is 5.69 Å². The molecule has 0 atom stereocenters. The fraction of sp³-hybridized carbons (Fsp3) is 0.300. The second-order valence-corrected chi connectivity index (χ2v) is 3.72. The SMILES string of the molecule is Cn1cc(CCNc2ncc([N+](=O)[O-])cn2)cn1. The van der Waals surface area contributed by atoms with Gasteiger partial charge in [0.2, 0.25) is 5.95 Å². The number of nitro groups is 1. The number of nitrogens with zero attached hydrogens (tertiary/aromatic N) is 5. The normalized spacial score (nSPS) is 10.3. The van der Waals surface area contributed by atoms with Crippen molar-refractivity contribution < 1.29 is 4.92 Å². The summed E-state index contributed by atoms with van der Waals surface area (Å²) in [6.07, 6.45) is 6.86. The minimum atomic E-state index is -0.528. The Balaban J connectivity index is 1.85. The Morgan fingerprint density at radius 1 is 1.39 bits per heavy atom. The van der Waals surface area contributed by atoms with Gasteiger partial charge in [-0.25, -0.2) is 9.97 Å². The first-order valence-electron chi connectivity index (χ1n) is 5.33. The van der Waals surface area contributed by atoms with Gasteiger partial charge in [-0.3, -0.25) is 14.8 Å². The van der Waals surface area contributed by atoms with Crippen molar-refractivity contribution in [2.75, 3.05) is 11.9 Å². The summed E-state index contributed by atoms with van der Waals surface area (Å²) in [5, 5.41) is 17.5. The topological polar surface area (TPSA) is 98.8 Å². The van der Waals surface area contributed by atoms with Crippen molar-refractivity contribution in [3.05, 3.63) is 40.5 Å². The second kappa shape index (κ2) is 5.21. The number of anilines is 1. The van der Waals surface area contributed by atoms with E-state index in [9.17, 15) is 10.1 Å². The molecule has 8 heteroatoms. The molecule has 2 heterocycles. The minimum Gasteiger partial charge on any atom is -0.354 e. The molecule has 0 radical (unpaired) electrons. The molecule has 2 aromatic heterocycles. The van der Waals surface area contributed by atoms with Gasteiger partial charge in [-0.2, -0.15) is 5.10 Å². The Morgan fingerprint density at radius 2 is 2.11 bits per heavy atom. The van der Waals surface area contributed by atoms with E-state index in [1.54, 1.807) is 10.9 Å².